The molecule has 0 aliphatic carbocycles. The Labute approximate surface area is 256 Å². The molecule has 7 nitrogen and oxygen atoms in total. The van der Waals surface area contributed by atoms with Crippen molar-refractivity contribution < 1.29 is 22.7 Å². The van der Waals surface area contributed by atoms with Gasteiger partial charge in [0.05, 0.1) is 18.8 Å². The zero-order chi connectivity index (χ0) is 30.1. The number of aryl methyl sites for hydroxylation is 1. The summed E-state index contributed by atoms with van der Waals surface area (Å²) in [5.41, 5.74) is 4.08. The average Bonchev–Trinajstić information content (AvgIpc) is 3.55. The number of rotatable bonds is 13. The third kappa shape index (κ3) is 7.42. The molecule has 1 aromatic heterocycles. The number of benzene rings is 3. The van der Waals surface area contributed by atoms with Crippen LogP contribution in [0.1, 0.15) is 34.8 Å². The van der Waals surface area contributed by atoms with E-state index < -0.39 is 27.9 Å². The van der Waals surface area contributed by atoms with Gasteiger partial charge in [0.1, 0.15) is 10.3 Å². The Morgan fingerprint density at radius 3 is 2.38 bits per heavy atom. The molecule has 10 heteroatoms. The van der Waals surface area contributed by atoms with E-state index in [1.165, 1.54) is 15.6 Å². The first-order valence-corrected chi connectivity index (χ1v) is 17.2. The van der Waals surface area contributed by atoms with E-state index >= 15 is 0 Å². The standard InChI is InChI=1S/C32H34N2O5S3/c1-4-39-32(36)29(18-20-40-3)33-31(35)27-17-16-24(21-28(27)26-14-9-8-11-23(26)2)22-34(25-12-6-5-7-13-25)42(37,38)30-15-10-19-41-30/h5-17,19,21,29H,4,18,20,22H2,1-3H3,(H,33,35)/t29-/m0/s1. The molecular weight excluding hydrogens is 589 g/mol. The molecule has 1 N–H and O–H groups in total. The van der Waals surface area contributed by atoms with Gasteiger partial charge in [0.2, 0.25) is 0 Å². The third-order valence-electron chi connectivity index (χ3n) is 6.66. The zero-order valence-corrected chi connectivity index (χ0v) is 26.2. The van der Waals surface area contributed by atoms with E-state index in [-0.39, 0.29) is 17.4 Å². The van der Waals surface area contributed by atoms with Crippen molar-refractivity contribution in [1.82, 2.24) is 5.32 Å². The van der Waals surface area contributed by atoms with Crippen molar-refractivity contribution in [3.63, 3.8) is 0 Å². The van der Waals surface area contributed by atoms with Gasteiger partial charge < -0.3 is 10.1 Å². The summed E-state index contributed by atoms with van der Waals surface area (Å²) in [6.07, 6.45) is 2.38. The smallest absolute Gasteiger partial charge is 0.328 e. The summed E-state index contributed by atoms with van der Waals surface area (Å²) >= 11 is 2.75. The second-order valence-corrected chi connectivity index (χ2v) is 13.6. The number of esters is 1. The van der Waals surface area contributed by atoms with Crippen LogP contribution in [0.4, 0.5) is 5.69 Å². The number of nitrogens with zero attached hydrogens (tertiary/aromatic N) is 1. The van der Waals surface area contributed by atoms with Crippen molar-refractivity contribution in [2.75, 3.05) is 22.9 Å². The topological polar surface area (TPSA) is 92.8 Å². The Morgan fingerprint density at radius 1 is 0.976 bits per heavy atom. The number of hydrogen-bond donors (Lipinski definition) is 1. The van der Waals surface area contributed by atoms with Gasteiger partial charge in [-0.2, -0.15) is 11.8 Å². The largest absolute Gasteiger partial charge is 0.464 e. The number of carbonyl (C=O) groups is 2. The monoisotopic (exact) mass is 622 g/mol. The SMILES string of the molecule is CCOC(=O)[C@H](CCSC)NC(=O)c1ccc(CN(c2ccccc2)S(=O)(=O)c2cccs2)cc1-c1ccccc1C. The number of carbonyl (C=O) groups excluding carboxylic acids is 2. The fourth-order valence-corrected chi connectivity index (χ4v) is 7.57. The van der Waals surface area contributed by atoms with Crippen LogP contribution >= 0.6 is 23.1 Å². The van der Waals surface area contributed by atoms with Gasteiger partial charge in [-0.05, 0) is 90.2 Å². The summed E-state index contributed by atoms with van der Waals surface area (Å²) in [5, 5.41) is 4.62. The molecule has 0 saturated carbocycles. The molecule has 0 bridgehead atoms. The molecule has 0 saturated heterocycles. The molecule has 1 atom stereocenters. The van der Waals surface area contributed by atoms with Crippen molar-refractivity contribution >= 4 is 50.7 Å². The molecule has 0 fully saturated rings. The predicted octanol–water partition coefficient (Wildman–Crippen LogP) is 6.53. The van der Waals surface area contributed by atoms with Gasteiger partial charge in [0, 0.05) is 5.56 Å². The number of amides is 1. The molecule has 1 amide bonds. The molecule has 0 aliphatic heterocycles. The molecule has 0 aliphatic rings. The molecule has 0 spiro atoms. The number of thioether (sulfide) groups is 1. The van der Waals surface area contributed by atoms with Gasteiger partial charge in [-0.1, -0.05) is 54.6 Å². The van der Waals surface area contributed by atoms with E-state index in [1.807, 2.05) is 49.6 Å². The highest BCUT2D eigenvalue weighted by molar-refractivity contribution is 7.98. The summed E-state index contributed by atoms with van der Waals surface area (Å²) < 4.78 is 34.3. The Kier molecular flexibility index (Phi) is 10.8. The Hall–Kier alpha value is -3.60. The maximum atomic E-state index is 13.7. The number of para-hydroxylation sites is 1. The van der Waals surface area contributed by atoms with Crippen molar-refractivity contribution in [3.05, 3.63) is 107 Å². The molecule has 4 rings (SSSR count). The molecule has 4 aromatic rings. The van der Waals surface area contributed by atoms with Gasteiger partial charge >= 0.3 is 5.97 Å². The molecule has 42 heavy (non-hydrogen) atoms. The number of nitrogens with one attached hydrogen (secondary N) is 1. The van der Waals surface area contributed by atoms with Crippen molar-refractivity contribution in [2.24, 2.45) is 0 Å². The van der Waals surface area contributed by atoms with E-state index in [0.29, 0.717) is 34.6 Å². The minimum Gasteiger partial charge on any atom is -0.464 e. The summed E-state index contributed by atoms with van der Waals surface area (Å²) in [7, 11) is -3.84. The predicted molar refractivity (Wildman–Crippen MR) is 172 cm³/mol. The van der Waals surface area contributed by atoms with Gasteiger partial charge in [-0.25, -0.2) is 13.2 Å². The van der Waals surface area contributed by atoms with Crippen LogP contribution in [0.25, 0.3) is 11.1 Å². The minimum atomic E-state index is -3.84. The van der Waals surface area contributed by atoms with Crippen LogP contribution in [0.2, 0.25) is 0 Å². The van der Waals surface area contributed by atoms with Crippen molar-refractivity contribution in [3.8, 4) is 11.1 Å². The molecule has 0 unspecified atom stereocenters. The van der Waals surface area contributed by atoms with E-state index in [1.54, 1.807) is 72.6 Å². The van der Waals surface area contributed by atoms with E-state index in [9.17, 15) is 18.0 Å². The van der Waals surface area contributed by atoms with E-state index in [4.69, 9.17) is 4.74 Å². The van der Waals surface area contributed by atoms with Gasteiger partial charge in [-0.3, -0.25) is 9.10 Å². The zero-order valence-electron chi connectivity index (χ0n) is 23.8. The van der Waals surface area contributed by atoms with Gasteiger partial charge in [-0.15, -0.1) is 11.3 Å². The van der Waals surface area contributed by atoms with Crippen LogP contribution in [0.15, 0.2) is 94.5 Å². The van der Waals surface area contributed by atoms with Crippen LogP contribution in [0.3, 0.4) is 0 Å². The third-order valence-corrected chi connectivity index (χ3v) is 10.5. The van der Waals surface area contributed by atoms with Gasteiger partial charge in [0.15, 0.2) is 0 Å². The van der Waals surface area contributed by atoms with E-state index in [2.05, 4.69) is 5.32 Å². The molecule has 0 radical (unpaired) electrons. The van der Waals surface area contributed by atoms with E-state index in [0.717, 1.165) is 11.1 Å². The lowest BCUT2D eigenvalue weighted by Gasteiger charge is -2.25. The normalized spacial score (nSPS) is 12.0. The molecule has 3 aromatic carbocycles. The lowest BCUT2D eigenvalue weighted by molar-refractivity contribution is -0.145. The highest BCUT2D eigenvalue weighted by Crippen LogP contribution is 2.32. The lowest BCUT2D eigenvalue weighted by Crippen LogP contribution is -2.42. The summed E-state index contributed by atoms with van der Waals surface area (Å²) in [6.45, 7) is 3.98. The fraction of sp³-hybridized carbons (Fsp3) is 0.250. The van der Waals surface area contributed by atoms with Crippen LogP contribution in [0, 0.1) is 6.92 Å². The maximum Gasteiger partial charge on any atom is 0.328 e. The number of hydrogen-bond acceptors (Lipinski definition) is 7. The second kappa shape index (κ2) is 14.5. The number of anilines is 1. The number of thiophene rings is 1. The first kappa shape index (κ1) is 31.3. The Morgan fingerprint density at radius 2 is 1.71 bits per heavy atom. The fourth-order valence-electron chi connectivity index (χ4n) is 4.54. The minimum absolute atomic E-state index is 0.0597. The van der Waals surface area contributed by atoms with Crippen LogP contribution in [0.5, 0.6) is 0 Å². The highest BCUT2D eigenvalue weighted by Gasteiger charge is 2.28. The summed E-state index contributed by atoms with van der Waals surface area (Å²) in [6, 6.07) is 24.5. The Bertz CT molecular complexity index is 1610. The lowest BCUT2D eigenvalue weighted by atomic mass is 9.93. The average molecular weight is 623 g/mol. The molecule has 220 valence electrons. The number of sulfonamides is 1. The summed E-state index contributed by atoms with van der Waals surface area (Å²) in [4.78, 5) is 26.3. The quantitative estimate of drug-likeness (QED) is 0.170. The first-order valence-electron chi connectivity index (χ1n) is 13.5. The van der Waals surface area contributed by atoms with Crippen LogP contribution < -0.4 is 9.62 Å². The van der Waals surface area contributed by atoms with Gasteiger partial charge in [0.25, 0.3) is 15.9 Å². The summed E-state index contributed by atoms with van der Waals surface area (Å²) in [5.74, 6) is -0.183. The van der Waals surface area contributed by atoms with Crippen LogP contribution in [-0.4, -0.2) is 45.0 Å². The maximum absolute atomic E-state index is 13.7. The van der Waals surface area contributed by atoms with Crippen LogP contribution in [-0.2, 0) is 26.1 Å². The highest BCUT2D eigenvalue weighted by atomic mass is 32.2. The first-order chi connectivity index (χ1) is 20.3. The second-order valence-electron chi connectivity index (χ2n) is 9.53. The number of ether oxygens (including phenoxy) is 1. The molecule has 1 heterocycles. The van der Waals surface area contributed by atoms with Crippen molar-refractivity contribution in [2.45, 2.75) is 37.1 Å². The molecular formula is C32H34N2O5S3. The Balaban J connectivity index is 1.76. The van der Waals surface area contributed by atoms with Crippen molar-refractivity contribution in [1.29, 1.82) is 0 Å².